The molecule has 0 spiro atoms. The summed E-state index contributed by atoms with van der Waals surface area (Å²) in [5.41, 5.74) is -0.783. The molecule has 0 radical (unpaired) electrons. The second-order valence-electron chi connectivity index (χ2n) is 2.52. The topological polar surface area (TPSA) is 56.0 Å². The number of nitrogens with zero attached hydrogens (tertiary/aromatic N) is 2. The molecule has 0 aliphatic rings. The third kappa shape index (κ3) is 2.03. The van der Waals surface area contributed by atoms with Crippen molar-refractivity contribution in [1.29, 1.82) is 0 Å². The van der Waals surface area contributed by atoms with Crippen molar-refractivity contribution in [2.24, 2.45) is 0 Å². The molecular weight excluding hydrogens is 262 g/mol. The molecule has 0 saturated carbocycles. The average molecular weight is 267 g/mol. The zero-order valence-corrected chi connectivity index (χ0v) is 8.59. The molecule has 1 heterocycles. The van der Waals surface area contributed by atoms with Gasteiger partial charge in [-0.2, -0.15) is 0 Å². The Morgan fingerprint density at radius 3 is 2.57 bits per heavy atom. The van der Waals surface area contributed by atoms with E-state index in [4.69, 9.17) is 0 Å². The molecule has 0 aliphatic carbocycles. The molecule has 1 aromatic heterocycles. The molecule has 0 fully saturated rings. The van der Waals surface area contributed by atoms with E-state index in [9.17, 15) is 18.9 Å². The molecule has 0 atom stereocenters. The lowest BCUT2D eigenvalue weighted by Gasteiger charge is -2.03. The molecule has 1 rings (SSSR count). The van der Waals surface area contributed by atoms with Crippen LogP contribution in [0.25, 0.3) is 0 Å². The lowest BCUT2D eigenvalue weighted by molar-refractivity contribution is -0.386. The van der Waals surface area contributed by atoms with Crippen LogP contribution in [0.15, 0.2) is 10.5 Å². The summed E-state index contributed by atoms with van der Waals surface area (Å²) < 4.78 is 24.4. The van der Waals surface area contributed by atoms with Crippen LogP contribution in [0.1, 0.15) is 17.8 Å². The van der Waals surface area contributed by atoms with Crippen molar-refractivity contribution in [3.8, 4) is 0 Å². The fourth-order valence-electron chi connectivity index (χ4n) is 0.981. The summed E-state index contributed by atoms with van der Waals surface area (Å²) in [6.07, 6.45) is -2.73. The first kappa shape index (κ1) is 11.0. The third-order valence-electron chi connectivity index (χ3n) is 1.55. The van der Waals surface area contributed by atoms with Crippen molar-refractivity contribution in [3.05, 3.63) is 32.0 Å². The number of aromatic nitrogens is 1. The average Bonchev–Trinajstić information content (AvgIpc) is 2.01. The minimum absolute atomic E-state index is 0.0188. The highest BCUT2D eigenvalue weighted by Gasteiger charge is 2.21. The summed E-state index contributed by atoms with van der Waals surface area (Å²) in [5.74, 6) is 0. The van der Waals surface area contributed by atoms with E-state index in [1.165, 1.54) is 6.92 Å². The maximum absolute atomic E-state index is 12.2. The molecule has 1 aromatic rings. The highest BCUT2D eigenvalue weighted by molar-refractivity contribution is 9.10. The van der Waals surface area contributed by atoms with Crippen LogP contribution >= 0.6 is 15.9 Å². The second kappa shape index (κ2) is 3.95. The fourth-order valence-corrected chi connectivity index (χ4v) is 1.65. The van der Waals surface area contributed by atoms with Crippen molar-refractivity contribution < 1.29 is 13.7 Å². The van der Waals surface area contributed by atoms with E-state index in [-0.39, 0.29) is 15.9 Å². The number of halogens is 3. The maximum Gasteiger partial charge on any atom is 0.304 e. The van der Waals surface area contributed by atoms with E-state index < -0.39 is 17.0 Å². The Kier molecular flexibility index (Phi) is 3.10. The molecule has 0 amide bonds. The normalized spacial score (nSPS) is 10.6. The molecule has 0 bridgehead atoms. The number of alkyl halides is 2. The summed E-state index contributed by atoms with van der Waals surface area (Å²) >= 11 is 2.85. The standard InChI is InChI=1S/C7H5BrF2N2O2/c1-3-6(12(13)14)4(8)2-5(11-3)7(9)10/h2,7H,1H3. The van der Waals surface area contributed by atoms with Crippen LogP contribution in [0.4, 0.5) is 14.5 Å². The molecular formula is C7H5BrF2N2O2. The smallest absolute Gasteiger partial charge is 0.258 e. The van der Waals surface area contributed by atoms with E-state index in [1.807, 2.05) is 0 Å². The van der Waals surface area contributed by atoms with Gasteiger partial charge in [0.25, 0.3) is 6.43 Å². The fraction of sp³-hybridized carbons (Fsp3) is 0.286. The van der Waals surface area contributed by atoms with Crippen LogP contribution in [0.5, 0.6) is 0 Å². The van der Waals surface area contributed by atoms with E-state index in [0.29, 0.717) is 0 Å². The first-order valence-electron chi connectivity index (χ1n) is 3.53. The van der Waals surface area contributed by atoms with Gasteiger partial charge in [0.05, 0.1) is 9.40 Å². The SMILES string of the molecule is Cc1nc(C(F)F)cc(Br)c1[N+](=O)[O-]. The van der Waals surface area contributed by atoms with Crippen LogP contribution in [0.3, 0.4) is 0 Å². The largest absolute Gasteiger partial charge is 0.304 e. The molecule has 4 nitrogen and oxygen atoms in total. The summed E-state index contributed by atoms with van der Waals surface area (Å²) in [7, 11) is 0. The summed E-state index contributed by atoms with van der Waals surface area (Å²) in [5, 5.41) is 10.5. The molecule has 0 N–H and O–H groups in total. The lowest BCUT2D eigenvalue weighted by Crippen LogP contribution is -1.99. The van der Waals surface area contributed by atoms with Crippen LogP contribution < -0.4 is 0 Å². The Bertz CT molecular complexity index is 361. The quantitative estimate of drug-likeness (QED) is 0.611. The van der Waals surface area contributed by atoms with Gasteiger partial charge in [0.2, 0.25) is 0 Å². The first-order chi connectivity index (χ1) is 6.43. The van der Waals surface area contributed by atoms with Gasteiger partial charge in [0.15, 0.2) is 0 Å². The van der Waals surface area contributed by atoms with Crippen LogP contribution in [0.2, 0.25) is 0 Å². The van der Waals surface area contributed by atoms with Crippen LogP contribution in [-0.4, -0.2) is 9.91 Å². The molecule has 7 heteroatoms. The zero-order valence-electron chi connectivity index (χ0n) is 7.00. The number of hydrogen-bond donors (Lipinski definition) is 0. The number of rotatable bonds is 2. The highest BCUT2D eigenvalue weighted by Crippen LogP contribution is 2.30. The molecule has 76 valence electrons. The molecule has 0 aromatic carbocycles. The molecule has 0 aliphatic heterocycles. The van der Waals surface area contributed by atoms with Gasteiger partial charge in [-0.15, -0.1) is 0 Å². The van der Waals surface area contributed by atoms with Crippen LogP contribution in [-0.2, 0) is 0 Å². The van der Waals surface area contributed by atoms with Crippen molar-refractivity contribution in [2.75, 3.05) is 0 Å². The van der Waals surface area contributed by atoms with Crippen molar-refractivity contribution in [3.63, 3.8) is 0 Å². The molecule has 0 unspecified atom stereocenters. The number of hydrogen-bond acceptors (Lipinski definition) is 3. The Morgan fingerprint density at radius 2 is 2.21 bits per heavy atom. The minimum Gasteiger partial charge on any atom is -0.258 e. The van der Waals surface area contributed by atoms with Gasteiger partial charge in [-0.1, -0.05) is 0 Å². The Hall–Kier alpha value is -1.11. The summed E-state index contributed by atoms with van der Waals surface area (Å²) in [6, 6.07) is 0.954. The van der Waals surface area contributed by atoms with Gasteiger partial charge in [0.1, 0.15) is 11.4 Å². The highest BCUT2D eigenvalue weighted by atomic mass is 79.9. The summed E-state index contributed by atoms with van der Waals surface area (Å²) in [4.78, 5) is 13.2. The van der Waals surface area contributed by atoms with Gasteiger partial charge < -0.3 is 0 Å². The number of pyridine rings is 1. The molecule has 14 heavy (non-hydrogen) atoms. The van der Waals surface area contributed by atoms with Crippen LogP contribution in [0, 0.1) is 17.0 Å². The predicted molar refractivity (Wildman–Crippen MR) is 48.3 cm³/mol. The Morgan fingerprint density at radius 1 is 1.64 bits per heavy atom. The predicted octanol–water partition coefficient (Wildman–Crippen LogP) is 3.00. The number of aryl methyl sites for hydroxylation is 1. The van der Waals surface area contributed by atoms with Gasteiger partial charge in [-0.05, 0) is 28.9 Å². The Balaban J connectivity index is 3.32. The third-order valence-corrected chi connectivity index (χ3v) is 2.15. The van der Waals surface area contributed by atoms with E-state index in [2.05, 4.69) is 20.9 Å². The maximum atomic E-state index is 12.2. The Labute approximate surface area is 86.2 Å². The van der Waals surface area contributed by atoms with E-state index >= 15 is 0 Å². The van der Waals surface area contributed by atoms with Gasteiger partial charge in [-0.3, -0.25) is 10.1 Å². The van der Waals surface area contributed by atoms with Gasteiger partial charge in [-0.25, -0.2) is 13.8 Å². The number of nitro groups is 1. The van der Waals surface area contributed by atoms with Crippen molar-refractivity contribution in [2.45, 2.75) is 13.3 Å². The van der Waals surface area contributed by atoms with Crippen molar-refractivity contribution >= 4 is 21.6 Å². The summed E-state index contributed by atoms with van der Waals surface area (Å²) in [6.45, 7) is 1.31. The first-order valence-corrected chi connectivity index (χ1v) is 4.32. The van der Waals surface area contributed by atoms with E-state index in [1.54, 1.807) is 0 Å². The van der Waals surface area contributed by atoms with Crippen molar-refractivity contribution in [1.82, 2.24) is 4.98 Å². The zero-order chi connectivity index (χ0) is 10.9. The second-order valence-corrected chi connectivity index (χ2v) is 3.38. The monoisotopic (exact) mass is 266 g/mol. The van der Waals surface area contributed by atoms with E-state index in [0.717, 1.165) is 6.07 Å². The minimum atomic E-state index is -2.73. The molecule has 0 saturated heterocycles. The van der Waals surface area contributed by atoms with Gasteiger partial charge >= 0.3 is 5.69 Å². The lowest BCUT2D eigenvalue weighted by atomic mass is 10.3. The van der Waals surface area contributed by atoms with Gasteiger partial charge in [0, 0.05) is 0 Å².